The predicted molar refractivity (Wildman–Crippen MR) is 167 cm³/mol. The fraction of sp³-hybridized carbons (Fsp3) is 0.737. The Morgan fingerprint density at radius 3 is 2.21 bits per heavy atom. The van der Waals surface area contributed by atoms with Gasteiger partial charge in [-0.2, -0.15) is 0 Å². The van der Waals surface area contributed by atoms with E-state index in [2.05, 4.69) is 61.5 Å². The Labute approximate surface area is 254 Å². The first kappa shape index (κ1) is 29.9. The van der Waals surface area contributed by atoms with Gasteiger partial charge in [-0.3, -0.25) is 0 Å². The highest BCUT2D eigenvalue weighted by Crippen LogP contribution is 2.75. The first-order valence-electron chi connectivity index (χ1n) is 16.8. The number of carboxylic acid groups (broad SMARTS) is 1. The lowest BCUT2D eigenvalue weighted by Crippen LogP contribution is -2.65. The van der Waals surface area contributed by atoms with Gasteiger partial charge in [0, 0.05) is 5.41 Å². The van der Waals surface area contributed by atoms with Gasteiger partial charge in [-0.05, 0) is 121 Å². The van der Waals surface area contributed by atoms with Crippen molar-refractivity contribution in [1.29, 1.82) is 0 Å². The van der Waals surface area contributed by atoms with Crippen molar-refractivity contribution >= 4 is 11.9 Å². The van der Waals surface area contributed by atoms with E-state index in [0.29, 0.717) is 23.2 Å². The summed E-state index contributed by atoms with van der Waals surface area (Å²) < 4.78 is 6.22. The SMILES string of the molecule is C[C@H]1[C@H](C)CC[C@]2(C)CC[C@]3(C)C(=CC[C@@H]4[C@@]5(C)CC[C@H](OC(=O)c6ccccc6C(=O)O)C(C)(C)[C@@H]5CC[C@]43C)[C@H]12. The summed E-state index contributed by atoms with van der Waals surface area (Å²) in [5.74, 6) is 1.72. The molecule has 0 amide bonds. The standard InChI is InChI=1S/C38H54O4/c1-23-15-18-35(5)21-22-37(7)27(31(35)24(23)2)13-14-29-36(6)19-17-30(34(3,4)28(36)16-20-38(29,37)8)42-33(41)26-12-10-9-11-25(26)32(39)40/h9-13,23-24,28-31H,14-22H2,1-8H3,(H,39,40)/t23-,24+,28+,29-,30+,31+,35-,36+,37-,38-/m1/s1. The predicted octanol–water partition coefficient (Wildman–Crippen LogP) is 9.59. The highest BCUT2D eigenvalue weighted by molar-refractivity contribution is 6.02. The molecule has 5 aliphatic carbocycles. The Kier molecular flexibility index (Phi) is 6.92. The van der Waals surface area contributed by atoms with Crippen molar-refractivity contribution in [3.63, 3.8) is 0 Å². The maximum Gasteiger partial charge on any atom is 0.339 e. The van der Waals surface area contributed by atoms with Crippen molar-refractivity contribution in [2.24, 2.45) is 56.7 Å². The molecule has 1 aromatic carbocycles. The van der Waals surface area contributed by atoms with Crippen LogP contribution in [0.3, 0.4) is 0 Å². The lowest BCUT2D eigenvalue weighted by atomic mass is 9.33. The maximum atomic E-state index is 13.3. The van der Waals surface area contributed by atoms with E-state index < -0.39 is 11.9 Å². The summed E-state index contributed by atoms with van der Waals surface area (Å²) >= 11 is 0. The van der Waals surface area contributed by atoms with Crippen molar-refractivity contribution in [2.45, 2.75) is 119 Å². The first-order chi connectivity index (χ1) is 19.6. The number of aromatic carboxylic acids is 1. The molecule has 0 aromatic heterocycles. The Balaban J connectivity index is 1.30. The molecule has 0 bridgehead atoms. The number of carboxylic acids is 1. The number of rotatable bonds is 3. The van der Waals surface area contributed by atoms with Gasteiger partial charge in [0.2, 0.25) is 0 Å². The number of hydrogen-bond acceptors (Lipinski definition) is 3. The minimum atomic E-state index is -1.09. The van der Waals surface area contributed by atoms with Crippen LogP contribution in [0.15, 0.2) is 35.9 Å². The third-order valence-corrected chi connectivity index (χ3v) is 15.0. The van der Waals surface area contributed by atoms with Crippen LogP contribution in [0.25, 0.3) is 0 Å². The van der Waals surface area contributed by atoms with E-state index in [1.54, 1.807) is 18.2 Å². The Morgan fingerprint density at radius 2 is 1.52 bits per heavy atom. The largest absolute Gasteiger partial charge is 0.478 e. The zero-order valence-electron chi connectivity index (χ0n) is 27.4. The molecule has 4 fully saturated rings. The Morgan fingerprint density at radius 1 is 0.833 bits per heavy atom. The minimum Gasteiger partial charge on any atom is -0.478 e. The van der Waals surface area contributed by atoms with E-state index in [1.165, 1.54) is 44.6 Å². The lowest BCUT2D eigenvalue weighted by Gasteiger charge is -2.71. The van der Waals surface area contributed by atoms with Crippen LogP contribution < -0.4 is 0 Å². The van der Waals surface area contributed by atoms with Gasteiger partial charge >= 0.3 is 11.9 Å². The number of fused-ring (bicyclic) bond motifs is 7. The van der Waals surface area contributed by atoms with Crippen LogP contribution in [0.2, 0.25) is 0 Å². The molecule has 0 unspecified atom stereocenters. The van der Waals surface area contributed by atoms with Gasteiger partial charge in [0.1, 0.15) is 6.10 Å². The first-order valence-corrected chi connectivity index (χ1v) is 16.8. The summed E-state index contributed by atoms with van der Waals surface area (Å²) in [5.41, 5.74) is 2.93. The Hall–Kier alpha value is -2.10. The molecule has 0 saturated heterocycles. The summed E-state index contributed by atoms with van der Waals surface area (Å²) in [7, 11) is 0. The molecule has 10 atom stereocenters. The van der Waals surface area contributed by atoms with Crippen molar-refractivity contribution in [2.75, 3.05) is 0 Å². The van der Waals surface area contributed by atoms with Crippen LogP contribution >= 0.6 is 0 Å². The average Bonchev–Trinajstić information content (AvgIpc) is 2.93. The number of ether oxygens (including phenoxy) is 1. The third-order valence-electron chi connectivity index (χ3n) is 15.0. The quantitative estimate of drug-likeness (QED) is 0.288. The second-order valence-electron chi connectivity index (χ2n) is 16.9. The summed E-state index contributed by atoms with van der Waals surface area (Å²) in [6, 6.07) is 6.43. The van der Waals surface area contributed by atoms with Gasteiger partial charge in [0.15, 0.2) is 0 Å². The molecule has 42 heavy (non-hydrogen) atoms. The molecule has 6 rings (SSSR count). The average molecular weight is 575 g/mol. The highest BCUT2D eigenvalue weighted by Gasteiger charge is 2.68. The number of carbonyl (C=O) groups excluding carboxylic acids is 1. The van der Waals surface area contributed by atoms with Crippen LogP contribution in [0.5, 0.6) is 0 Å². The normalized spacial score (nSPS) is 45.8. The lowest BCUT2D eigenvalue weighted by molar-refractivity contribution is -0.204. The Bertz CT molecular complexity index is 1310. The van der Waals surface area contributed by atoms with E-state index in [0.717, 1.165) is 31.1 Å². The summed E-state index contributed by atoms with van der Waals surface area (Å²) in [5, 5.41) is 9.64. The number of esters is 1. The van der Waals surface area contributed by atoms with Crippen LogP contribution in [-0.2, 0) is 4.74 Å². The zero-order valence-corrected chi connectivity index (χ0v) is 27.4. The molecular weight excluding hydrogens is 520 g/mol. The van der Waals surface area contributed by atoms with Gasteiger partial charge in [-0.1, -0.05) is 79.2 Å². The van der Waals surface area contributed by atoms with Gasteiger partial charge in [0.05, 0.1) is 11.1 Å². The van der Waals surface area contributed by atoms with E-state index in [9.17, 15) is 14.7 Å². The van der Waals surface area contributed by atoms with Crippen LogP contribution in [0.4, 0.5) is 0 Å². The summed E-state index contributed by atoms with van der Waals surface area (Å²) in [6.07, 6.45) is 13.4. The van der Waals surface area contributed by atoms with Crippen molar-refractivity contribution in [3.8, 4) is 0 Å². The van der Waals surface area contributed by atoms with Crippen molar-refractivity contribution in [3.05, 3.63) is 47.0 Å². The highest BCUT2D eigenvalue weighted by atomic mass is 16.5. The molecule has 4 saturated carbocycles. The van der Waals surface area contributed by atoms with Crippen LogP contribution in [0.1, 0.15) is 134 Å². The molecule has 4 heteroatoms. The fourth-order valence-electron chi connectivity index (χ4n) is 12.1. The van der Waals surface area contributed by atoms with E-state index in [-0.39, 0.29) is 38.9 Å². The molecule has 1 aromatic rings. The van der Waals surface area contributed by atoms with Crippen LogP contribution in [-0.4, -0.2) is 23.1 Å². The van der Waals surface area contributed by atoms with E-state index in [1.807, 2.05) is 5.57 Å². The molecule has 0 spiro atoms. The van der Waals surface area contributed by atoms with Gasteiger partial charge in [-0.15, -0.1) is 0 Å². The molecule has 1 N–H and O–H groups in total. The summed E-state index contributed by atoms with van der Waals surface area (Å²) in [6.45, 7) is 20.1. The van der Waals surface area contributed by atoms with E-state index in [4.69, 9.17) is 4.74 Å². The molecule has 5 aliphatic rings. The zero-order chi connectivity index (χ0) is 30.5. The fourth-order valence-corrected chi connectivity index (χ4v) is 12.1. The minimum absolute atomic E-state index is 0.0117. The smallest absolute Gasteiger partial charge is 0.339 e. The second-order valence-corrected chi connectivity index (χ2v) is 16.9. The van der Waals surface area contributed by atoms with Gasteiger partial charge in [-0.25, -0.2) is 9.59 Å². The maximum absolute atomic E-state index is 13.3. The van der Waals surface area contributed by atoms with Crippen molar-refractivity contribution in [1.82, 2.24) is 0 Å². The number of carbonyl (C=O) groups is 2. The molecule has 0 heterocycles. The third kappa shape index (κ3) is 3.98. The topological polar surface area (TPSA) is 63.6 Å². The van der Waals surface area contributed by atoms with E-state index >= 15 is 0 Å². The molecule has 0 radical (unpaired) electrons. The molecular formula is C38H54O4. The van der Waals surface area contributed by atoms with Gasteiger partial charge < -0.3 is 9.84 Å². The number of hydrogen-bond donors (Lipinski definition) is 1. The van der Waals surface area contributed by atoms with Crippen molar-refractivity contribution < 1.29 is 19.4 Å². The number of benzene rings is 1. The molecule has 230 valence electrons. The van der Waals surface area contributed by atoms with Gasteiger partial charge in [0.25, 0.3) is 0 Å². The monoisotopic (exact) mass is 574 g/mol. The molecule has 0 aliphatic heterocycles. The summed E-state index contributed by atoms with van der Waals surface area (Å²) in [4.78, 5) is 25.1. The van der Waals surface area contributed by atoms with Crippen LogP contribution in [0, 0.1) is 56.7 Å². The molecule has 4 nitrogen and oxygen atoms in total. The number of allylic oxidation sites excluding steroid dienone is 2. The second kappa shape index (κ2) is 9.70.